The highest BCUT2D eigenvalue weighted by Gasteiger charge is 2.36. The Morgan fingerprint density at radius 3 is 2.33 bits per heavy atom. The Kier molecular flexibility index (Phi) is 8.92. The van der Waals surface area contributed by atoms with Gasteiger partial charge in [-0.05, 0) is 93.8 Å². The molecule has 5 amide bonds. The van der Waals surface area contributed by atoms with Crippen LogP contribution in [0.1, 0.15) is 11.1 Å². The van der Waals surface area contributed by atoms with Crippen molar-refractivity contribution < 1.29 is 33.0 Å². The zero-order valence-electron chi connectivity index (χ0n) is 22.4. The molecule has 0 saturated carbocycles. The number of carbonyl (C=O) groups excluding carboxylic acids is 4. The zero-order chi connectivity index (χ0) is 30.3. The lowest BCUT2D eigenvalue weighted by Crippen LogP contribution is -2.54. The lowest BCUT2D eigenvalue weighted by Gasteiger charge is -2.26. The van der Waals surface area contributed by atoms with Crippen molar-refractivity contribution in [2.75, 3.05) is 16.8 Å². The quantitative estimate of drug-likeness (QED) is 0.175. The molecule has 4 aromatic carbocycles. The van der Waals surface area contributed by atoms with Crippen molar-refractivity contribution in [2.45, 2.75) is 6.61 Å². The van der Waals surface area contributed by atoms with E-state index < -0.39 is 29.6 Å². The van der Waals surface area contributed by atoms with Crippen LogP contribution in [0.3, 0.4) is 0 Å². The van der Waals surface area contributed by atoms with Crippen molar-refractivity contribution in [3.8, 4) is 11.5 Å². The van der Waals surface area contributed by atoms with Gasteiger partial charge in [0.05, 0.1) is 10.2 Å². The van der Waals surface area contributed by atoms with Crippen molar-refractivity contribution in [2.24, 2.45) is 0 Å². The number of halogens is 2. The van der Waals surface area contributed by atoms with Crippen LogP contribution < -0.4 is 25.0 Å². The van der Waals surface area contributed by atoms with E-state index in [1.54, 1.807) is 42.5 Å². The van der Waals surface area contributed by atoms with Crippen LogP contribution in [0.4, 0.5) is 20.6 Å². The molecule has 11 heteroatoms. The number of carbonyl (C=O) groups is 4. The Bertz CT molecular complexity index is 1710. The number of urea groups is 1. The van der Waals surface area contributed by atoms with E-state index in [9.17, 15) is 23.6 Å². The first-order chi connectivity index (χ1) is 20.8. The summed E-state index contributed by atoms with van der Waals surface area (Å²) in [4.78, 5) is 51.6. The average Bonchev–Trinajstić information content (AvgIpc) is 3.00. The van der Waals surface area contributed by atoms with Crippen LogP contribution in [0.15, 0.2) is 107 Å². The minimum atomic E-state index is -0.867. The molecule has 0 unspecified atom stereocenters. The molecule has 43 heavy (non-hydrogen) atoms. The number of barbiturate groups is 1. The van der Waals surface area contributed by atoms with Crippen LogP contribution in [0.5, 0.6) is 11.5 Å². The highest BCUT2D eigenvalue weighted by atomic mass is 79.9. The summed E-state index contributed by atoms with van der Waals surface area (Å²) >= 11 is 3.37. The van der Waals surface area contributed by atoms with Gasteiger partial charge in [-0.15, -0.1) is 0 Å². The number of ether oxygens (including phenoxy) is 2. The third-order valence-corrected chi connectivity index (χ3v) is 6.82. The predicted octanol–water partition coefficient (Wildman–Crippen LogP) is 5.85. The fraction of sp³-hybridized carbons (Fsp3) is 0.0625. The summed E-state index contributed by atoms with van der Waals surface area (Å²) in [6.07, 6.45) is 1.35. The topological polar surface area (TPSA) is 114 Å². The van der Waals surface area contributed by atoms with Gasteiger partial charge < -0.3 is 14.8 Å². The van der Waals surface area contributed by atoms with Gasteiger partial charge in [-0.3, -0.25) is 19.7 Å². The lowest BCUT2D eigenvalue weighted by molar-refractivity contribution is -0.122. The SMILES string of the molecule is O=C(COc1ccc(/C=C2/C(=O)NC(=O)N(c3ccc(OCc4ccccc4)cc3)C2=O)cc1Br)Nc1ccc(F)cc1. The number of nitrogens with one attached hydrogen (secondary N) is 2. The van der Waals surface area contributed by atoms with Gasteiger partial charge in [-0.1, -0.05) is 36.4 Å². The molecule has 216 valence electrons. The van der Waals surface area contributed by atoms with Crippen LogP contribution in [-0.2, 0) is 21.0 Å². The Labute approximate surface area is 254 Å². The van der Waals surface area contributed by atoms with Crippen molar-refractivity contribution in [1.29, 1.82) is 0 Å². The molecule has 0 spiro atoms. The minimum absolute atomic E-state index is 0.247. The monoisotopic (exact) mass is 643 g/mol. The predicted molar refractivity (Wildman–Crippen MR) is 161 cm³/mol. The largest absolute Gasteiger partial charge is 0.489 e. The van der Waals surface area contributed by atoms with Crippen LogP contribution in [0.25, 0.3) is 6.08 Å². The number of imide groups is 2. The molecular formula is C32H23BrFN3O6. The molecule has 9 nitrogen and oxygen atoms in total. The van der Waals surface area contributed by atoms with Crippen LogP contribution in [0, 0.1) is 5.82 Å². The maximum atomic E-state index is 13.3. The van der Waals surface area contributed by atoms with E-state index in [1.807, 2.05) is 30.3 Å². The van der Waals surface area contributed by atoms with Crippen molar-refractivity contribution in [1.82, 2.24) is 5.32 Å². The van der Waals surface area contributed by atoms with Crippen molar-refractivity contribution >= 4 is 57.1 Å². The molecule has 1 aliphatic rings. The molecule has 0 atom stereocenters. The first-order valence-corrected chi connectivity index (χ1v) is 13.7. The van der Waals surface area contributed by atoms with Gasteiger partial charge >= 0.3 is 6.03 Å². The standard InChI is InChI=1S/C32H23BrFN3O6/c33-27-17-21(6-15-28(27)43-19-29(38)35-23-9-7-22(34)8-10-23)16-26-30(39)36-32(41)37(31(26)40)24-11-13-25(14-12-24)42-18-20-4-2-1-3-5-20/h1-17H,18-19H2,(H,35,38)(H,36,39,41)/b26-16-. The van der Waals surface area contributed by atoms with Gasteiger partial charge in [0.1, 0.15) is 29.5 Å². The molecule has 1 fully saturated rings. The van der Waals surface area contributed by atoms with Crippen molar-refractivity contribution in [3.05, 3.63) is 124 Å². The lowest BCUT2D eigenvalue weighted by atomic mass is 10.1. The molecular weight excluding hydrogens is 621 g/mol. The molecule has 5 rings (SSSR count). The molecule has 0 bridgehead atoms. The molecule has 0 radical (unpaired) electrons. The molecule has 0 aromatic heterocycles. The van der Waals surface area contributed by atoms with E-state index in [0.717, 1.165) is 10.5 Å². The Morgan fingerprint density at radius 1 is 0.907 bits per heavy atom. The Hall–Kier alpha value is -5.29. The number of rotatable bonds is 9. The molecule has 2 N–H and O–H groups in total. The fourth-order valence-electron chi connectivity index (χ4n) is 4.09. The third kappa shape index (κ3) is 7.32. The molecule has 1 aliphatic heterocycles. The highest BCUT2D eigenvalue weighted by molar-refractivity contribution is 9.10. The molecule has 0 aliphatic carbocycles. The summed E-state index contributed by atoms with van der Waals surface area (Å²) in [6.45, 7) is 0.0394. The summed E-state index contributed by atoms with van der Waals surface area (Å²) in [5.41, 5.74) is 1.89. The summed E-state index contributed by atoms with van der Waals surface area (Å²) < 4.78 is 24.8. The summed E-state index contributed by atoms with van der Waals surface area (Å²) in [7, 11) is 0. The molecule has 4 aromatic rings. The maximum absolute atomic E-state index is 13.3. The summed E-state index contributed by atoms with van der Waals surface area (Å²) in [5.74, 6) is -1.61. The highest BCUT2D eigenvalue weighted by Crippen LogP contribution is 2.29. The van der Waals surface area contributed by atoms with Crippen LogP contribution in [0.2, 0.25) is 0 Å². The zero-order valence-corrected chi connectivity index (χ0v) is 24.0. The summed E-state index contributed by atoms with van der Waals surface area (Å²) in [5, 5.41) is 4.79. The second-order valence-corrected chi connectivity index (χ2v) is 10.1. The molecule has 1 saturated heterocycles. The maximum Gasteiger partial charge on any atom is 0.335 e. The van der Waals surface area contributed by atoms with Gasteiger partial charge in [-0.2, -0.15) is 0 Å². The van der Waals surface area contributed by atoms with Gasteiger partial charge in [0.15, 0.2) is 6.61 Å². The van der Waals surface area contributed by atoms with E-state index in [1.165, 1.54) is 30.3 Å². The van der Waals surface area contributed by atoms with Crippen LogP contribution in [-0.4, -0.2) is 30.4 Å². The number of amides is 5. The van der Waals surface area contributed by atoms with Crippen molar-refractivity contribution in [3.63, 3.8) is 0 Å². The Morgan fingerprint density at radius 2 is 1.63 bits per heavy atom. The average molecular weight is 644 g/mol. The normalized spacial score (nSPS) is 14.0. The van der Waals surface area contributed by atoms with E-state index in [0.29, 0.717) is 33.8 Å². The van der Waals surface area contributed by atoms with Crippen LogP contribution >= 0.6 is 15.9 Å². The number of hydrogen-bond acceptors (Lipinski definition) is 6. The minimum Gasteiger partial charge on any atom is -0.489 e. The molecule has 1 heterocycles. The summed E-state index contributed by atoms with van der Waals surface area (Å²) in [6, 6.07) is 25.2. The third-order valence-electron chi connectivity index (χ3n) is 6.20. The second kappa shape index (κ2) is 13.1. The van der Waals surface area contributed by atoms with E-state index in [4.69, 9.17) is 9.47 Å². The van der Waals surface area contributed by atoms with E-state index in [-0.39, 0.29) is 17.9 Å². The van der Waals surface area contributed by atoms with Gasteiger partial charge in [0, 0.05) is 5.69 Å². The van der Waals surface area contributed by atoms with E-state index >= 15 is 0 Å². The van der Waals surface area contributed by atoms with Gasteiger partial charge in [-0.25, -0.2) is 14.1 Å². The Balaban J connectivity index is 1.24. The fourth-order valence-corrected chi connectivity index (χ4v) is 4.60. The number of nitrogens with zero attached hydrogens (tertiary/aromatic N) is 1. The first-order valence-electron chi connectivity index (χ1n) is 12.9. The number of hydrogen-bond donors (Lipinski definition) is 2. The van der Waals surface area contributed by atoms with Gasteiger partial charge in [0.25, 0.3) is 17.7 Å². The van der Waals surface area contributed by atoms with E-state index in [2.05, 4.69) is 26.6 Å². The number of anilines is 2. The van der Waals surface area contributed by atoms with Gasteiger partial charge in [0.2, 0.25) is 0 Å². The first kappa shape index (κ1) is 29.2. The second-order valence-electron chi connectivity index (χ2n) is 9.26. The smallest absolute Gasteiger partial charge is 0.335 e. The number of benzene rings is 4.